The minimum atomic E-state index is -4.53. The number of piperidine rings is 1. The number of likely N-dealkylation sites (tertiary alicyclic amines) is 1. The number of hydrogen-bond donors (Lipinski definition) is 2. The molecule has 0 aliphatic carbocycles. The van der Waals surface area contributed by atoms with Gasteiger partial charge in [0.2, 0.25) is 11.7 Å². The number of carbonyl (C=O) groups is 1. The zero-order valence-electron chi connectivity index (χ0n) is 23.2. The maximum Gasteiger partial charge on any atom is 0.406 e. The highest BCUT2D eigenvalue weighted by atomic mass is 19.4. The van der Waals surface area contributed by atoms with Gasteiger partial charge in [-0.2, -0.15) is 23.3 Å². The number of aryl methyl sites for hydroxylation is 1. The van der Waals surface area contributed by atoms with Gasteiger partial charge in [0.05, 0.1) is 35.6 Å². The lowest BCUT2D eigenvalue weighted by atomic mass is 9.96. The number of rotatable bonds is 7. The predicted molar refractivity (Wildman–Crippen MR) is 144 cm³/mol. The monoisotopic (exact) mass is 576 g/mol. The molecule has 2 atom stereocenters. The summed E-state index contributed by atoms with van der Waals surface area (Å²) in [6.07, 6.45) is -2.21. The summed E-state index contributed by atoms with van der Waals surface area (Å²) < 4.78 is 64.0. The summed E-state index contributed by atoms with van der Waals surface area (Å²) in [6.45, 7) is 5.66. The zero-order valence-corrected chi connectivity index (χ0v) is 23.2. The third-order valence-corrected chi connectivity index (χ3v) is 7.18. The summed E-state index contributed by atoms with van der Waals surface area (Å²) in [7, 11) is 1.67. The third-order valence-electron chi connectivity index (χ3n) is 7.18. The first-order chi connectivity index (χ1) is 19.3. The Kier molecular flexibility index (Phi) is 7.53. The fourth-order valence-electron chi connectivity index (χ4n) is 5.05. The van der Waals surface area contributed by atoms with Gasteiger partial charge in [-0.05, 0) is 45.4 Å². The van der Waals surface area contributed by atoms with E-state index < -0.39 is 30.8 Å². The van der Waals surface area contributed by atoms with Crippen LogP contribution in [-0.2, 0) is 20.1 Å². The van der Waals surface area contributed by atoms with Crippen molar-refractivity contribution in [1.82, 2.24) is 34.7 Å². The van der Waals surface area contributed by atoms with Crippen LogP contribution in [0.15, 0.2) is 41.2 Å². The Morgan fingerprint density at radius 2 is 2.00 bits per heavy atom. The molecule has 1 fully saturated rings. The smallest absolute Gasteiger partial charge is 0.379 e. The molecule has 1 amide bonds. The summed E-state index contributed by atoms with van der Waals surface area (Å²) in [4.78, 5) is 18.6. The molecule has 14 heteroatoms. The van der Waals surface area contributed by atoms with Gasteiger partial charge in [0, 0.05) is 42.9 Å². The van der Waals surface area contributed by atoms with Crippen LogP contribution >= 0.6 is 0 Å². The van der Waals surface area contributed by atoms with Gasteiger partial charge in [0.1, 0.15) is 12.7 Å². The summed E-state index contributed by atoms with van der Waals surface area (Å²) in [5.41, 5.74) is 1.07. The molecule has 5 rings (SSSR count). The predicted octanol–water partition coefficient (Wildman–Crippen LogP) is 4.54. The van der Waals surface area contributed by atoms with Crippen molar-refractivity contribution in [3.8, 4) is 11.5 Å². The van der Waals surface area contributed by atoms with Crippen LogP contribution < -0.4 is 10.6 Å². The minimum absolute atomic E-state index is 0.0188. The van der Waals surface area contributed by atoms with Crippen LogP contribution in [0.2, 0.25) is 0 Å². The molecule has 0 spiro atoms. The molecule has 0 saturated carbocycles. The number of aromatic nitrogens is 5. The normalized spacial score (nSPS) is 18.6. The van der Waals surface area contributed by atoms with Gasteiger partial charge in [-0.3, -0.25) is 14.4 Å². The van der Waals surface area contributed by atoms with Crippen molar-refractivity contribution in [2.45, 2.75) is 64.2 Å². The second-order valence-electron chi connectivity index (χ2n) is 11.2. The number of benzene rings is 1. The second-order valence-corrected chi connectivity index (χ2v) is 11.2. The first-order valence-electron chi connectivity index (χ1n) is 13.2. The Balaban J connectivity index is 1.41. The Morgan fingerprint density at radius 3 is 2.66 bits per heavy atom. The molecule has 4 aromatic rings. The van der Waals surface area contributed by atoms with E-state index in [1.165, 1.54) is 17.1 Å². The number of nitrogens with zero attached hydrogens (tertiary/aromatic N) is 6. The lowest BCUT2D eigenvalue weighted by Crippen LogP contribution is -2.54. The number of alkyl halides is 4. The van der Waals surface area contributed by atoms with Gasteiger partial charge in [-0.15, -0.1) is 0 Å². The number of nitrogens with one attached hydrogen (secondary N) is 2. The van der Waals surface area contributed by atoms with Gasteiger partial charge in [0.15, 0.2) is 0 Å². The molecule has 3 aromatic heterocycles. The van der Waals surface area contributed by atoms with E-state index >= 15 is 4.39 Å². The van der Waals surface area contributed by atoms with Crippen LogP contribution in [0.25, 0.3) is 22.4 Å². The average Bonchev–Trinajstić information content (AvgIpc) is 3.62. The second kappa shape index (κ2) is 10.8. The van der Waals surface area contributed by atoms with Crippen molar-refractivity contribution in [2.24, 2.45) is 7.05 Å². The maximum atomic E-state index is 15.2. The molecule has 1 aromatic carbocycles. The minimum Gasteiger partial charge on any atom is -0.379 e. The zero-order chi connectivity index (χ0) is 29.5. The lowest BCUT2D eigenvalue weighted by molar-refractivity contribution is -0.139. The highest BCUT2D eigenvalue weighted by Gasteiger charge is 2.35. The largest absolute Gasteiger partial charge is 0.406 e. The van der Waals surface area contributed by atoms with Crippen molar-refractivity contribution < 1.29 is 26.9 Å². The molecule has 2 N–H and O–H groups in total. The van der Waals surface area contributed by atoms with Crippen LogP contribution in [0.3, 0.4) is 0 Å². The van der Waals surface area contributed by atoms with E-state index in [1.54, 1.807) is 31.3 Å². The molecule has 4 heterocycles. The SMILES string of the molecule is Cn1cc(C(=O)NCc2nc(-c3cc4c(N[C@H]5CCN(C(C)(C)C)C[C@H]5F)cccc4n3CC(F)(F)F)no2)cn1. The molecule has 0 radical (unpaired) electrons. The Hall–Kier alpha value is -3.94. The van der Waals surface area contributed by atoms with E-state index in [0.717, 1.165) is 4.57 Å². The Bertz CT molecular complexity index is 1530. The third kappa shape index (κ3) is 6.37. The van der Waals surface area contributed by atoms with Crippen molar-refractivity contribution in [1.29, 1.82) is 0 Å². The van der Waals surface area contributed by atoms with Crippen LogP contribution in [0.5, 0.6) is 0 Å². The number of carbonyl (C=O) groups excluding carboxylic acids is 1. The molecule has 41 heavy (non-hydrogen) atoms. The van der Waals surface area contributed by atoms with Gasteiger partial charge >= 0.3 is 6.18 Å². The van der Waals surface area contributed by atoms with Crippen LogP contribution in [-0.4, -0.2) is 72.3 Å². The summed E-state index contributed by atoms with van der Waals surface area (Å²) in [6, 6.07) is 5.98. The molecule has 10 nitrogen and oxygen atoms in total. The fourth-order valence-corrected chi connectivity index (χ4v) is 5.05. The first-order valence-corrected chi connectivity index (χ1v) is 13.2. The Morgan fingerprint density at radius 1 is 1.22 bits per heavy atom. The van der Waals surface area contributed by atoms with Crippen LogP contribution in [0, 0.1) is 0 Å². The van der Waals surface area contributed by atoms with Gasteiger partial charge < -0.3 is 19.7 Å². The van der Waals surface area contributed by atoms with E-state index in [-0.39, 0.29) is 36.0 Å². The molecule has 220 valence electrons. The molecule has 1 aliphatic heterocycles. The van der Waals surface area contributed by atoms with Gasteiger partial charge in [-0.25, -0.2) is 4.39 Å². The van der Waals surface area contributed by atoms with E-state index in [1.807, 2.05) is 20.8 Å². The average molecular weight is 577 g/mol. The van der Waals surface area contributed by atoms with E-state index in [2.05, 4.69) is 30.8 Å². The molecule has 1 saturated heterocycles. The van der Waals surface area contributed by atoms with Crippen LogP contribution in [0.1, 0.15) is 43.4 Å². The quantitative estimate of drug-likeness (QED) is 0.311. The fraction of sp³-hybridized carbons (Fsp3) is 0.481. The van der Waals surface area contributed by atoms with Gasteiger partial charge in [0.25, 0.3) is 5.91 Å². The van der Waals surface area contributed by atoms with Crippen molar-refractivity contribution in [3.63, 3.8) is 0 Å². The number of amides is 1. The van der Waals surface area contributed by atoms with E-state index in [4.69, 9.17) is 4.52 Å². The molecular formula is C27H32F4N8O2. The van der Waals surface area contributed by atoms with E-state index in [0.29, 0.717) is 35.1 Å². The number of hydrogen-bond acceptors (Lipinski definition) is 7. The molecule has 0 unspecified atom stereocenters. The highest BCUT2D eigenvalue weighted by Crippen LogP contribution is 2.35. The standard InChI is InChI=1S/C27H32F4N8O2/c1-26(2,3)38-9-8-20(18(28)14-38)34-19-6-5-7-21-17(19)10-22(39(21)15-27(29,30)31)24-35-23(41-36-24)12-32-25(40)16-11-33-37(4)13-16/h5-7,10-11,13,18,20,34H,8-9,12,14-15H2,1-4H3,(H,32,40)/t18-,20+/m1/s1. The van der Waals surface area contributed by atoms with Gasteiger partial charge in [-0.1, -0.05) is 11.2 Å². The summed E-state index contributed by atoms with van der Waals surface area (Å²) >= 11 is 0. The molecular weight excluding hydrogens is 544 g/mol. The summed E-state index contributed by atoms with van der Waals surface area (Å²) in [5, 5.41) is 14.2. The molecule has 0 bridgehead atoms. The topological polar surface area (TPSA) is 106 Å². The van der Waals surface area contributed by atoms with E-state index in [9.17, 15) is 18.0 Å². The summed E-state index contributed by atoms with van der Waals surface area (Å²) in [5.74, 6) is -0.464. The highest BCUT2D eigenvalue weighted by molar-refractivity contribution is 5.96. The first kappa shape index (κ1) is 28.6. The number of anilines is 1. The number of halogens is 4. The van der Waals surface area contributed by atoms with Crippen molar-refractivity contribution >= 4 is 22.5 Å². The van der Waals surface area contributed by atoms with Crippen LogP contribution in [0.4, 0.5) is 23.2 Å². The molecule has 1 aliphatic rings. The van der Waals surface area contributed by atoms with Crippen molar-refractivity contribution in [2.75, 3.05) is 18.4 Å². The Labute approximate surface area is 233 Å². The number of fused-ring (bicyclic) bond motifs is 1. The van der Waals surface area contributed by atoms with Crippen molar-refractivity contribution in [3.05, 3.63) is 48.1 Å². The lowest BCUT2D eigenvalue weighted by Gasteiger charge is -2.42. The maximum absolute atomic E-state index is 15.2.